The molecule has 0 saturated heterocycles. The van der Waals surface area contributed by atoms with E-state index in [-0.39, 0.29) is 16.9 Å². The first-order chi connectivity index (χ1) is 11.3. The van der Waals surface area contributed by atoms with Gasteiger partial charge in [-0.3, -0.25) is 0 Å². The van der Waals surface area contributed by atoms with Crippen molar-refractivity contribution in [1.82, 2.24) is 5.32 Å². The highest BCUT2D eigenvalue weighted by molar-refractivity contribution is 7.89. The van der Waals surface area contributed by atoms with Gasteiger partial charge in [0.05, 0.1) is 14.9 Å². The molecule has 0 fully saturated rings. The predicted molar refractivity (Wildman–Crippen MR) is 97.2 cm³/mol. The Morgan fingerprint density at radius 3 is 2.42 bits per heavy atom. The lowest BCUT2D eigenvalue weighted by atomic mass is 9.77. The van der Waals surface area contributed by atoms with Crippen LogP contribution in [0.15, 0.2) is 41.3 Å². The Balaban J connectivity index is 2.12. The maximum atomic E-state index is 11.7. The average molecular weight is 385 g/mol. The Bertz CT molecular complexity index is 884. The van der Waals surface area contributed by atoms with E-state index >= 15 is 0 Å². The molecular formula is C17H18Cl2N2O2S. The van der Waals surface area contributed by atoms with Gasteiger partial charge in [0.25, 0.3) is 0 Å². The van der Waals surface area contributed by atoms with Crippen LogP contribution in [-0.4, -0.2) is 15.5 Å². The first kappa shape index (κ1) is 17.7. The first-order valence-corrected chi connectivity index (χ1v) is 9.90. The highest BCUT2D eigenvalue weighted by atomic mass is 35.5. The summed E-state index contributed by atoms with van der Waals surface area (Å²) in [7, 11) is -1.86. The standard InChI is InChI=1S/C17H18Cl2N2O2S/c1-21-17-7-5-12(10-2-6-15(18)16(19)8-10)13-4-3-11(9-14(13)17)24(20,22)23/h2-4,6,8-9,12,17,21H,5,7H2,1H3,(H2,20,22,23)/t12-,17-/m1/s1. The maximum Gasteiger partial charge on any atom is 0.238 e. The zero-order valence-corrected chi connectivity index (χ0v) is 15.4. The predicted octanol–water partition coefficient (Wildman–Crippen LogP) is 3.83. The molecule has 0 unspecified atom stereocenters. The minimum atomic E-state index is -3.73. The Hall–Kier alpha value is -1.11. The molecule has 2 atom stereocenters. The number of rotatable bonds is 3. The fourth-order valence-corrected chi connectivity index (χ4v) is 4.22. The molecule has 0 amide bonds. The van der Waals surface area contributed by atoms with Crippen molar-refractivity contribution >= 4 is 33.2 Å². The van der Waals surface area contributed by atoms with Crippen molar-refractivity contribution < 1.29 is 8.42 Å². The van der Waals surface area contributed by atoms with Crippen LogP contribution < -0.4 is 10.5 Å². The van der Waals surface area contributed by atoms with Crippen molar-refractivity contribution in [1.29, 1.82) is 0 Å². The molecule has 3 rings (SSSR count). The van der Waals surface area contributed by atoms with Crippen LogP contribution in [0.3, 0.4) is 0 Å². The number of hydrogen-bond acceptors (Lipinski definition) is 3. The van der Waals surface area contributed by atoms with E-state index in [0.29, 0.717) is 10.0 Å². The number of halogens is 2. The number of nitrogens with one attached hydrogen (secondary N) is 1. The maximum absolute atomic E-state index is 11.7. The topological polar surface area (TPSA) is 72.2 Å². The van der Waals surface area contributed by atoms with E-state index < -0.39 is 10.0 Å². The van der Waals surface area contributed by atoms with Crippen LogP contribution in [-0.2, 0) is 10.0 Å². The molecule has 1 aliphatic rings. The van der Waals surface area contributed by atoms with Gasteiger partial charge in [0, 0.05) is 12.0 Å². The normalized spacial score (nSPS) is 20.7. The molecule has 0 heterocycles. The van der Waals surface area contributed by atoms with Crippen LogP contribution in [0.25, 0.3) is 0 Å². The van der Waals surface area contributed by atoms with E-state index in [1.54, 1.807) is 18.2 Å². The number of hydrogen-bond donors (Lipinski definition) is 2. The van der Waals surface area contributed by atoms with E-state index in [4.69, 9.17) is 28.3 Å². The molecule has 0 aromatic heterocycles. The third-order valence-electron chi connectivity index (χ3n) is 4.58. The SMILES string of the molecule is CN[C@@H]1CC[C@H](c2ccc(Cl)c(Cl)c2)c2ccc(S(N)(=O)=O)cc21. The van der Waals surface area contributed by atoms with Crippen molar-refractivity contribution in [2.45, 2.75) is 29.7 Å². The quantitative estimate of drug-likeness (QED) is 0.844. The molecule has 128 valence electrons. The Kier molecular flexibility index (Phi) is 4.91. The average Bonchev–Trinajstić information content (AvgIpc) is 2.55. The number of sulfonamides is 1. The summed E-state index contributed by atoms with van der Waals surface area (Å²) in [4.78, 5) is 0.135. The molecular weight excluding hydrogens is 367 g/mol. The van der Waals surface area contributed by atoms with Gasteiger partial charge in [-0.2, -0.15) is 0 Å². The molecule has 0 spiro atoms. The number of nitrogens with two attached hydrogens (primary N) is 1. The van der Waals surface area contributed by atoms with E-state index in [1.807, 2.05) is 25.2 Å². The second-order valence-electron chi connectivity index (χ2n) is 5.98. The molecule has 1 aliphatic carbocycles. The fraction of sp³-hybridized carbons (Fsp3) is 0.294. The molecule has 2 aromatic carbocycles. The van der Waals surface area contributed by atoms with Gasteiger partial charge in [-0.25, -0.2) is 13.6 Å². The second-order valence-corrected chi connectivity index (χ2v) is 8.36. The third kappa shape index (κ3) is 3.32. The molecule has 24 heavy (non-hydrogen) atoms. The van der Waals surface area contributed by atoms with Crippen molar-refractivity contribution in [3.63, 3.8) is 0 Å². The summed E-state index contributed by atoms with van der Waals surface area (Å²) in [5.74, 6) is 0.147. The first-order valence-electron chi connectivity index (χ1n) is 7.60. The van der Waals surface area contributed by atoms with Gasteiger partial charge < -0.3 is 5.32 Å². The monoisotopic (exact) mass is 384 g/mol. The molecule has 0 saturated carbocycles. The largest absolute Gasteiger partial charge is 0.313 e. The molecule has 0 bridgehead atoms. The van der Waals surface area contributed by atoms with Crippen LogP contribution in [0, 0.1) is 0 Å². The van der Waals surface area contributed by atoms with Gasteiger partial charge in [0.15, 0.2) is 0 Å². The minimum Gasteiger partial charge on any atom is -0.313 e. The van der Waals surface area contributed by atoms with Gasteiger partial charge in [-0.05, 0) is 60.8 Å². The van der Waals surface area contributed by atoms with Crippen LogP contribution in [0.2, 0.25) is 10.0 Å². The molecule has 4 nitrogen and oxygen atoms in total. The molecule has 2 aromatic rings. The van der Waals surface area contributed by atoms with Crippen molar-refractivity contribution in [3.05, 3.63) is 63.1 Å². The lowest BCUT2D eigenvalue weighted by Crippen LogP contribution is -2.25. The van der Waals surface area contributed by atoms with Crippen LogP contribution in [0.4, 0.5) is 0 Å². The molecule has 0 radical (unpaired) electrons. The van der Waals surface area contributed by atoms with Crippen LogP contribution in [0.5, 0.6) is 0 Å². The number of primary sulfonamides is 1. The number of benzene rings is 2. The van der Waals surface area contributed by atoms with Crippen molar-refractivity contribution in [2.75, 3.05) is 7.05 Å². The van der Waals surface area contributed by atoms with E-state index in [0.717, 1.165) is 29.5 Å². The summed E-state index contributed by atoms with van der Waals surface area (Å²) < 4.78 is 23.3. The minimum absolute atomic E-state index is 0.0979. The van der Waals surface area contributed by atoms with Crippen molar-refractivity contribution in [3.8, 4) is 0 Å². The summed E-state index contributed by atoms with van der Waals surface area (Å²) in [6.07, 6.45) is 1.83. The third-order valence-corrected chi connectivity index (χ3v) is 6.23. The molecule has 7 heteroatoms. The van der Waals surface area contributed by atoms with E-state index in [1.165, 1.54) is 0 Å². The Morgan fingerprint density at radius 2 is 1.79 bits per heavy atom. The van der Waals surface area contributed by atoms with Gasteiger partial charge in [0.1, 0.15) is 0 Å². The zero-order valence-electron chi connectivity index (χ0n) is 13.1. The van der Waals surface area contributed by atoms with Gasteiger partial charge in [-0.15, -0.1) is 0 Å². The lowest BCUT2D eigenvalue weighted by molar-refractivity contribution is 0.469. The Labute approximate surface area is 152 Å². The number of fused-ring (bicyclic) bond motifs is 1. The van der Waals surface area contributed by atoms with Crippen molar-refractivity contribution in [2.24, 2.45) is 5.14 Å². The Morgan fingerprint density at radius 1 is 1.04 bits per heavy atom. The van der Waals surface area contributed by atoms with E-state index in [9.17, 15) is 8.42 Å². The van der Waals surface area contributed by atoms with Crippen LogP contribution in [0.1, 0.15) is 41.5 Å². The van der Waals surface area contributed by atoms with Gasteiger partial charge in [0.2, 0.25) is 10.0 Å². The van der Waals surface area contributed by atoms with Gasteiger partial charge in [-0.1, -0.05) is 35.3 Å². The summed E-state index contributed by atoms with van der Waals surface area (Å²) >= 11 is 12.2. The smallest absolute Gasteiger partial charge is 0.238 e. The summed E-state index contributed by atoms with van der Waals surface area (Å²) in [5.41, 5.74) is 3.13. The summed E-state index contributed by atoms with van der Waals surface area (Å²) in [5, 5.41) is 9.57. The lowest BCUT2D eigenvalue weighted by Gasteiger charge is -2.32. The van der Waals surface area contributed by atoms with Crippen LogP contribution >= 0.6 is 23.2 Å². The van der Waals surface area contributed by atoms with Gasteiger partial charge >= 0.3 is 0 Å². The summed E-state index contributed by atoms with van der Waals surface area (Å²) in [6, 6.07) is 10.8. The molecule has 0 aliphatic heterocycles. The van der Waals surface area contributed by atoms with E-state index in [2.05, 4.69) is 5.32 Å². The fourth-order valence-electron chi connectivity index (χ4n) is 3.37. The second kappa shape index (κ2) is 6.65. The highest BCUT2D eigenvalue weighted by Crippen LogP contribution is 2.42. The highest BCUT2D eigenvalue weighted by Gasteiger charge is 2.29. The molecule has 3 N–H and O–H groups in total. The zero-order chi connectivity index (χ0) is 17.5. The summed E-state index contributed by atoms with van der Waals surface area (Å²) in [6.45, 7) is 0.